The van der Waals surface area contributed by atoms with Crippen molar-refractivity contribution in [1.82, 2.24) is 4.90 Å². The molecule has 144 valence electrons. The Balaban J connectivity index is 1.60. The number of hydrogen-bond donors (Lipinski definition) is 0. The van der Waals surface area contributed by atoms with Gasteiger partial charge in [0.05, 0.1) is 17.3 Å². The molecule has 3 rings (SSSR count). The SMILES string of the molecule is CCOC1CCOC2(CCN(C(=O)c3ccc(C(F)(F)F)cc3)CC2)C1. The molecule has 7 heteroatoms. The normalized spacial score (nSPS) is 23.2. The first kappa shape index (κ1) is 19.2. The van der Waals surface area contributed by atoms with Crippen LogP contribution in [0.15, 0.2) is 24.3 Å². The zero-order valence-electron chi connectivity index (χ0n) is 14.8. The predicted molar refractivity (Wildman–Crippen MR) is 89.9 cm³/mol. The highest BCUT2D eigenvalue weighted by molar-refractivity contribution is 5.94. The van der Waals surface area contributed by atoms with Crippen molar-refractivity contribution in [3.63, 3.8) is 0 Å². The van der Waals surface area contributed by atoms with Crippen LogP contribution in [0.3, 0.4) is 0 Å². The number of hydrogen-bond acceptors (Lipinski definition) is 3. The first-order valence-corrected chi connectivity index (χ1v) is 9.05. The van der Waals surface area contributed by atoms with E-state index in [0.29, 0.717) is 26.3 Å². The summed E-state index contributed by atoms with van der Waals surface area (Å²) in [5.41, 5.74) is -0.704. The summed E-state index contributed by atoms with van der Waals surface area (Å²) in [6, 6.07) is 4.40. The van der Waals surface area contributed by atoms with Gasteiger partial charge in [-0.25, -0.2) is 0 Å². The molecule has 2 aliphatic heterocycles. The highest BCUT2D eigenvalue weighted by atomic mass is 19.4. The van der Waals surface area contributed by atoms with Crippen molar-refractivity contribution >= 4 is 5.91 Å². The number of ether oxygens (including phenoxy) is 2. The van der Waals surface area contributed by atoms with Crippen LogP contribution in [0.4, 0.5) is 13.2 Å². The van der Waals surface area contributed by atoms with E-state index >= 15 is 0 Å². The molecule has 1 unspecified atom stereocenters. The third kappa shape index (κ3) is 4.20. The number of carbonyl (C=O) groups is 1. The molecule has 26 heavy (non-hydrogen) atoms. The van der Waals surface area contributed by atoms with Gasteiger partial charge in [-0.3, -0.25) is 4.79 Å². The summed E-state index contributed by atoms with van der Waals surface area (Å²) < 4.78 is 49.7. The number of halogens is 3. The molecular formula is C19H24F3NO3. The molecular weight excluding hydrogens is 347 g/mol. The fourth-order valence-electron chi connectivity index (χ4n) is 3.81. The van der Waals surface area contributed by atoms with E-state index in [4.69, 9.17) is 9.47 Å². The van der Waals surface area contributed by atoms with E-state index in [1.807, 2.05) is 6.92 Å². The molecule has 1 spiro atoms. The van der Waals surface area contributed by atoms with Crippen molar-refractivity contribution in [2.24, 2.45) is 0 Å². The number of piperidine rings is 1. The lowest BCUT2D eigenvalue weighted by Crippen LogP contribution is -2.52. The van der Waals surface area contributed by atoms with Gasteiger partial charge in [-0.1, -0.05) is 0 Å². The fourth-order valence-corrected chi connectivity index (χ4v) is 3.81. The number of benzene rings is 1. The summed E-state index contributed by atoms with van der Waals surface area (Å²) in [7, 11) is 0. The highest BCUT2D eigenvalue weighted by Gasteiger charge is 2.41. The van der Waals surface area contributed by atoms with Crippen LogP contribution in [0.25, 0.3) is 0 Å². The second-order valence-electron chi connectivity index (χ2n) is 6.97. The molecule has 0 aromatic heterocycles. The molecule has 2 aliphatic rings. The van der Waals surface area contributed by atoms with Gasteiger partial charge in [-0.05, 0) is 50.5 Å². The van der Waals surface area contributed by atoms with Crippen LogP contribution in [-0.2, 0) is 15.7 Å². The third-order valence-electron chi connectivity index (χ3n) is 5.27. The van der Waals surface area contributed by atoms with Gasteiger partial charge in [-0.15, -0.1) is 0 Å². The Kier molecular flexibility index (Phi) is 5.58. The number of likely N-dealkylation sites (tertiary alicyclic amines) is 1. The van der Waals surface area contributed by atoms with E-state index in [9.17, 15) is 18.0 Å². The van der Waals surface area contributed by atoms with E-state index < -0.39 is 11.7 Å². The Morgan fingerprint density at radius 3 is 2.50 bits per heavy atom. The maximum absolute atomic E-state index is 12.6. The molecule has 2 heterocycles. The Labute approximate surface area is 151 Å². The van der Waals surface area contributed by atoms with Crippen molar-refractivity contribution in [3.05, 3.63) is 35.4 Å². The van der Waals surface area contributed by atoms with Gasteiger partial charge in [0.2, 0.25) is 0 Å². The second-order valence-corrected chi connectivity index (χ2v) is 6.97. The molecule has 2 fully saturated rings. The van der Waals surface area contributed by atoms with Gasteiger partial charge in [0, 0.05) is 38.3 Å². The summed E-state index contributed by atoms with van der Waals surface area (Å²) in [4.78, 5) is 14.3. The third-order valence-corrected chi connectivity index (χ3v) is 5.27. The summed E-state index contributed by atoms with van der Waals surface area (Å²) in [5.74, 6) is -0.231. The minimum atomic E-state index is -4.39. The number of carbonyl (C=O) groups excluding carboxylic acids is 1. The zero-order chi connectivity index (χ0) is 18.8. The number of alkyl halides is 3. The first-order valence-electron chi connectivity index (χ1n) is 9.05. The molecule has 0 bridgehead atoms. The Bertz CT molecular complexity index is 620. The topological polar surface area (TPSA) is 38.8 Å². The predicted octanol–water partition coefficient (Wildman–Crippen LogP) is 3.90. The Morgan fingerprint density at radius 1 is 1.27 bits per heavy atom. The molecule has 1 aromatic carbocycles. The first-order chi connectivity index (χ1) is 12.3. The van der Waals surface area contributed by atoms with Crippen LogP contribution in [0, 0.1) is 0 Å². The maximum atomic E-state index is 12.6. The van der Waals surface area contributed by atoms with Gasteiger partial charge in [0.25, 0.3) is 5.91 Å². The standard InChI is InChI=1S/C19H24F3NO3/c1-2-25-16-7-12-26-18(13-16)8-10-23(11-9-18)17(24)14-3-5-15(6-4-14)19(20,21)22/h3-6,16H,2,7-13H2,1H3. The number of rotatable bonds is 3. The monoisotopic (exact) mass is 371 g/mol. The lowest BCUT2D eigenvalue weighted by atomic mass is 9.83. The highest BCUT2D eigenvalue weighted by Crippen LogP contribution is 2.36. The lowest BCUT2D eigenvalue weighted by Gasteiger charge is -2.46. The van der Waals surface area contributed by atoms with Crippen LogP contribution in [-0.4, -0.2) is 48.8 Å². The van der Waals surface area contributed by atoms with Crippen LogP contribution in [0.5, 0.6) is 0 Å². The minimum absolute atomic E-state index is 0.200. The van der Waals surface area contributed by atoms with E-state index in [-0.39, 0.29) is 23.2 Å². The van der Waals surface area contributed by atoms with E-state index in [1.165, 1.54) is 12.1 Å². The molecule has 1 aromatic rings. The smallest absolute Gasteiger partial charge is 0.378 e. The molecule has 0 aliphatic carbocycles. The molecule has 0 saturated carbocycles. The second kappa shape index (κ2) is 7.56. The molecule has 1 atom stereocenters. The van der Waals surface area contributed by atoms with Crippen molar-refractivity contribution in [2.75, 3.05) is 26.3 Å². The van der Waals surface area contributed by atoms with Gasteiger partial charge >= 0.3 is 6.18 Å². The maximum Gasteiger partial charge on any atom is 0.416 e. The lowest BCUT2D eigenvalue weighted by molar-refractivity contribution is -0.151. The van der Waals surface area contributed by atoms with Crippen LogP contribution in [0.2, 0.25) is 0 Å². The van der Waals surface area contributed by atoms with Crippen molar-refractivity contribution in [1.29, 1.82) is 0 Å². The summed E-state index contributed by atoms with van der Waals surface area (Å²) in [6.07, 6.45) is -1.02. The molecule has 1 amide bonds. The molecule has 0 radical (unpaired) electrons. The van der Waals surface area contributed by atoms with Crippen LogP contribution in [0.1, 0.15) is 48.5 Å². The van der Waals surface area contributed by atoms with E-state index in [2.05, 4.69) is 0 Å². The van der Waals surface area contributed by atoms with E-state index in [1.54, 1.807) is 4.90 Å². The number of nitrogens with zero attached hydrogens (tertiary/aromatic N) is 1. The largest absolute Gasteiger partial charge is 0.416 e. The van der Waals surface area contributed by atoms with Crippen molar-refractivity contribution < 1.29 is 27.4 Å². The zero-order valence-corrected chi connectivity index (χ0v) is 14.8. The summed E-state index contributed by atoms with van der Waals surface area (Å²) in [5, 5.41) is 0. The van der Waals surface area contributed by atoms with Crippen molar-refractivity contribution in [3.8, 4) is 0 Å². The fraction of sp³-hybridized carbons (Fsp3) is 0.632. The van der Waals surface area contributed by atoms with Gasteiger partial charge in [0.15, 0.2) is 0 Å². The Morgan fingerprint density at radius 2 is 1.92 bits per heavy atom. The number of amides is 1. The van der Waals surface area contributed by atoms with Crippen LogP contribution >= 0.6 is 0 Å². The van der Waals surface area contributed by atoms with Gasteiger partial charge in [-0.2, -0.15) is 13.2 Å². The average molecular weight is 371 g/mol. The van der Waals surface area contributed by atoms with Gasteiger partial charge < -0.3 is 14.4 Å². The van der Waals surface area contributed by atoms with Crippen molar-refractivity contribution in [2.45, 2.75) is 50.5 Å². The average Bonchev–Trinajstić information content (AvgIpc) is 2.62. The molecule has 2 saturated heterocycles. The van der Waals surface area contributed by atoms with E-state index in [0.717, 1.165) is 37.8 Å². The summed E-state index contributed by atoms with van der Waals surface area (Å²) in [6.45, 7) is 4.40. The summed E-state index contributed by atoms with van der Waals surface area (Å²) >= 11 is 0. The quantitative estimate of drug-likeness (QED) is 0.809. The van der Waals surface area contributed by atoms with Gasteiger partial charge in [0.1, 0.15) is 0 Å². The minimum Gasteiger partial charge on any atom is -0.378 e. The molecule has 0 N–H and O–H groups in total. The van der Waals surface area contributed by atoms with Crippen LogP contribution < -0.4 is 0 Å². The molecule has 4 nitrogen and oxygen atoms in total. The Hall–Kier alpha value is -1.60.